The molecular formula is C8H15NO. The summed E-state index contributed by atoms with van der Waals surface area (Å²) in [6, 6.07) is 0. The van der Waals surface area contributed by atoms with E-state index in [9.17, 15) is 4.79 Å². The molecule has 0 aromatic heterocycles. The van der Waals surface area contributed by atoms with E-state index in [0.717, 1.165) is 24.8 Å². The fourth-order valence-electron chi connectivity index (χ4n) is 0.777. The van der Waals surface area contributed by atoms with Crippen LogP contribution in [0.4, 0.5) is 0 Å². The molecule has 0 fully saturated rings. The van der Waals surface area contributed by atoms with Crippen LogP contribution in [0.5, 0.6) is 0 Å². The van der Waals surface area contributed by atoms with Crippen LogP contribution in [0.2, 0.25) is 0 Å². The van der Waals surface area contributed by atoms with Crippen molar-refractivity contribution in [3.8, 4) is 0 Å². The molecule has 2 nitrogen and oxygen atoms in total. The third-order valence-corrected chi connectivity index (χ3v) is 1.46. The maximum Gasteiger partial charge on any atom is 0.244 e. The zero-order chi connectivity index (χ0) is 7.98. The molecule has 0 unspecified atom stereocenters. The number of carbonyl (C=O) groups is 1. The van der Waals surface area contributed by atoms with Gasteiger partial charge >= 0.3 is 0 Å². The van der Waals surface area contributed by atoms with Crippen LogP contribution in [0.15, 0.2) is 11.6 Å². The lowest BCUT2D eigenvalue weighted by molar-refractivity contribution is -0.114. The Morgan fingerprint density at radius 1 is 1.60 bits per heavy atom. The molecule has 10 heavy (non-hydrogen) atoms. The molecule has 0 spiro atoms. The average Bonchev–Trinajstić information content (AvgIpc) is 1.89. The monoisotopic (exact) mass is 141 g/mol. The van der Waals surface area contributed by atoms with Gasteiger partial charge in [0, 0.05) is 5.57 Å². The lowest BCUT2D eigenvalue weighted by atomic mass is 10.1. The summed E-state index contributed by atoms with van der Waals surface area (Å²) in [5.41, 5.74) is 5.83. The summed E-state index contributed by atoms with van der Waals surface area (Å²) in [5.74, 6) is -0.282. The van der Waals surface area contributed by atoms with Gasteiger partial charge in [-0.2, -0.15) is 0 Å². The zero-order valence-electron chi connectivity index (χ0n) is 6.68. The first-order valence-electron chi connectivity index (χ1n) is 3.67. The lowest BCUT2D eigenvalue weighted by Gasteiger charge is -1.98. The van der Waals surface area contributed by atoms with E-state index in [4.69, 9.17) is 5.73 Å². The van der Waals surface area contributed by atoms with E-state index in [1.54, 1.807) is 6.08 Å². The predicted octanol–water partition coefficient (Wildman–Crippen LogP) is 1.61. The third-order valence-electron chi connectivity index (χ3n) is 1.46. The van der Waals surface area contributed by atoms with Crippen LogP contribution in [0, 0.1) is 0 Å². The van der Waals surface area contributed by atoms with Crippen LogP contribution in [0.1, 0.15) is 33.1 Å². The molecule has 0 aromatic carbocycles. The molecule has 2 heteroatoms. The maximum absolute atomic E-state index is 10.6. The minimum Gasteiger partial charge on any atom is -0.366 e. The van der Waals surface area contributed by atoms with Gasteiger partial charge in [0.25, 0.3) is 0 Å². The summed E-state index contributed by atoms with van der Waals surface area (Å²) in [5, 5.41) is 0. The van der Waals surface area contributed by atoms with Gasteiger partial charge in [-0.05, 0) is 19.8 Å². The van der Waals surface area contributed by atoms with E-state index in [1.807, 2.05) is 6.92 Å². The van der Waals surface area contributed by atoms with Crippen LogP contribution in [-0.2, 0) is 4.79 Å². The second kappa shape index (κ2) is 5.03. The number of unbranched alkanes of at least 4 members (excludes halogenated alkanes) is 1. The van der Waals surface area contributed by atoms with Crippen molar-refractivity contribution in [3.63, 3.8) is 0 Å². The molecule has 0 bridgehead atoms. The van der Waals surface area contributed by atoms with Crippen molar-refractivity contribution in [3.05, 3.63) is 11.6 Å². The molecular weight excluding hydrogens is 126 g/mol. The molecule has 0 saturated heterocycles. The normalized spacial score (nSPS) is 11.6. The first-order valence-corrected chi connectivity index (χ1v) is 3.67. The Labute approximate surface area is 62.1 Å². The number of primary amides is 1. The molecule has 0 saturated carbocycles. The van der Waals surface area contributed by atoms with Crippen molar-refractivity contribution in [1.29, 1.82) is 0 Å². The highest BCUT2D eigenvalue weighted by Crippen LogP contribution is 2.05. The van der Waals surface area contributed by atoms with Gasteiger partial charge in [-0.1, -0.05) is 19.4 Å². The summed E-state index contributed by atoms with van der Waals surface area (Å²) in [4.78, 5) is 10.6. The van der Waals surface area contributed by atoms with Gasteiger partial charge in [0.05, 0.1) is 0 Å². The number of allylic oxidation sites excluding steroid dienone is 1. The average molecular weight is 141 g/mol. The van der Waals surface area contributed by atoms with Crippen molar-refractivity contribution >= 4 is 5.91 Å². The van der Waals surface area contributed by atoms with Gasteiger partial charge in [-0.3, -0.25) is 4.79 Å². The van der Waals surface area contributed by atoms with Gasteiger partial charge in [-0.25, -0.2) is 0 Å². The van der Waals surface area contributed by atoms with E-state index >= 15 is 0 Å². The Kier molecular flexibility index (Phi) is 4.63. The number of hydrogen-bond donors (Lipinski definition) is 1. The summed E-state index contributed by atoms with van der Waals surface area (Å²) in [6.07, 6.45) is 4.76. The van der Waals surface area contributed by atoms with Gasteiger partial charge in [0.15, 0.2) is 0 Å². The minimum atomic E-state index is -0.282. The third kappa shape index (κ3) is 3.28. The second-order valence-electron chi connectivity index (χ2n) is 2.28. The van der Waals surface area contributed by atoms with Crippen LogP contribution < -0.4 is 5.73 Å². The molecule has 1 amide bonds. The van der Waals surface area contributed by atoms with E-state index in [2.05, 4.69) is 6.92 Å². The SMILES string of the molecule is C/C=C(\CCCC)C(N)=O. The van der Waals surface area contributed by atoms with E-state index in [0.29, 0.717) is 0 Å². The van der Waals surface area contributed by atoms with Gasteiger partial charge < -0.3 is 5.73 Å². The smallest absolute Gasteiger partial charge is 0.244 e. The van der Waals surface area contributed by atoms with Crippen molar-refractivity contribution in [2.75, 3.05) is 0 Å². The Morgan fingerprint density at radius 3 is 2.50 bits per heavy atom. The topological polar surface area (TPSA) is 43.1 Å². The number of rotatable bonds is 4. The Bertz CT molecular complexity index is 138. The molecule has 0 atom stereocenters. The van der Waals surface area contributed by atoms with Gasteiger partial charge in [0.1, 0.15) is 0 Å². The Balaban J connectivity index is 3.74. The fraction of sp³-hybridized carbons (Fsp3) is 0.625. The minimum absolute atomic E-state index is 0.282. The number of nitrogens with two attached hydrogens (primary N) is 1. The molecule has 0 aromatic rings. The predicted molar refractivity (Wildman–Crippen MR) is 42.5 cm³/mol. The van der Waals surface area contributed by atoms with Gasteiger partial charge in [-0.15, -0.1) is 0 Å². The number of carbonyl (C=O) groups excluding carboxylic acids is 1. The molecule has 0 radical (unpaired) electrons. The first-order chi connectivity index (χ1) is 4.72. The molecule has 0 aliphatic carbocycles. The number of amides is 1. The maximum atomic E-state index is 10.6. The van der Waals surface area contributed by atoms with Crippen LogP contribution in [0.3, 0.4) is 0 Å². The lowest BCUT2D eigenvalue weighted by Crippen LogP contribution is -2.13. The Hall–Kier alpha value is -0.790. The molecule has 0 aliphatic rings. The van der Waals surface area contributed by atoms with Crippen molar-refractivity contribution in [2.45, 2.75) is 33.1 Å². The summed E-state index contributed by atoms with van der Waals surface area (Å²) < 4.78 is 0. The quantitative estimate of drug-likeness (QED) is 0.594. The molecule has 0 rings (SSSR count). The van der Waals surface area contributed by atoms with Crippen molar-refractivity contribution < 1.29 is 4.79 Å². The molecule has 2 N–H and O–H groups in total. The summed E-state index contributed by atoms with van der Waals surface area (Å²) in [7, 11) is 0. The van der Waals surface area contributed by atoms with Crippen LogP contribution >= 0.6 is 0 Å². The molecule has 0 aliphatic heterocycles. The fourth-order valence-corrected chi connectivity index (χ4v) is 0.777. The molecule has 0 heterocycles. The first kappa shape index (κ1) is 9.21. The largest absolute Gasteiger partial charge is 0.366 e. The highest BCUT2D eigenvalue weighted by atomic mass is 16.1. The highest BCUT2D eigenvalue weighted by Gasteiger charge is 2.00. The molecule has 58 valence electrons. The van der Waals surface area contributed by atoms with E-state index in [1.165, 1.54) is 0 Å². The zero-order valence-corrected chi connectivity index (χ0v) is 6.68. The van der Waals surface area contributed by atoms with E-state index < -0.39 is 0 Å². The van der Waals surface area contributed by atoms with Gasteiger partial charge in [0.2, 0.25) is 5.91 Å². The van der Waals surface area contributed by atoms with Crippen LogP contribution in [-0.4, -0.2) is 5.91 Å². The summed E-state index contributed by atoms with van der Waals surface area (Å²) >= 11 is 0. The second-order valence-corrected chi connectivity index (χ2v) is 2.28. The summed E-state index contributed by atoms with van der Waals surface area (Å²) in [6.45, 7) is 3.93. The number of hydrogen-bond acceptors (Lipinski definition) is 1. The standard InChI is InChI=1S/C8H15NO/c1-3-5-6-7(4-2)8(9)10/h4H,3,5-6H2,1-2H3,(H2,9,10)/b7-4+. The highest BCUT2D eigenvalue weighted by molar-refractivity contribution is 5.91. The van der Waals surface area contributed by atoms with Crippen molar-refractivity contribution in [1.82, 2.24) is 0 Å². The Morgan fingerprint density at radius 2 is 2.20 bits per heavy atom. The van der Waals surface area contributed by atoms with Crippen molar-refractivity contribution in [2.24, 2.45) is 5.73 Å². The van der Waals surface area contributed by atoms with Crippen LogP contribution in [0.25, 0.3) is 0 Å². The van der Waals surface area contributed by atoms with E-state index in [-0.39, 0.29) is 5.91 Å².